The molecule has 1 unspecified atom stereocenters. The first kappa shape index (κ1) is 17.5. The molecule has 2 amide bonds. The van der Waals surface area contributed by atoms with Gasteiger partial charge in [0.2, 0.25) is 0 Å². The Labute approximate surface area is 140 Å². The van der Waals surface area contributed by atoms with E-state index >= 15 is 0 Å². The van der Waals surface area contributed by atoms with E-state index in [9.17, 15) is 9.59 Å². The summed E-state index contributed by atoms with van der Waals surface area (Å²) in [6.07, 6.45) is 3.09. The molecule has 1 atom stereocenters. The van der Waals surface area contributed by atoms with Gasteiger partial charge in [0.1, 0.15) is 17.7 Å². The van der Waals surface area contributed by atoms with Gasteiger partial charge in [-0.2, -0.15) is 5.10 Å². The molecule has 0 aromatic heterocycles. The number of allylic oxidation sites excluding steroid dienone is 2. The highest BCUT2D eigenvalue weighted by Gasteiger charge is 2.39. The van der Waals surface area contributed by atoms with Crippen molar-refractivity contribution in [3.8, 4) is 0 Å². The highest BCUT2D eigenvalue weighted by molar-refractivity contribution is 6.36. The molecule has 1 N–H and O–H groups in total. The van der Waals surface area contributed by atoms with Gasteiger partial charge in [-0.1, -0.05) is 20.8 Å². The lowest BCUT2D eigenvalue weighted by Crippen LogP contribution is -2.41. The Morgan fingerprint density at radius 3 is 2.61 bits per heavy atom. The van der Waals surface area contributed by atoms with E-state index in [1.54, 1.807) is 20.3 Å². The van der Waals surface area contributed by atoms with Gasteiger partial charge in [0.15, 0.2) is 5.78 Å². The molecule has 0 spiro atoms. The molecular formula is C15H21ClN4O3. The van der Waals surface area contributed by atoms with Gasteiger partial charge < -0.3 is 10.2 Å². The van der Waals surface area contributed by atoms with Gasteiger partial charge in [-0.05, 0) is 11.5 Å². The van der Waals surface area contributed by atoms with E-state index in [1.807, 2.05) is 20.8 Å². The van der Waals surface area contributed by atoms with Crippen LogP contribution in [0.2, 0.25) is 0 Å². The molecule has 0 aromatic carbocycles. The molecule has 0 aromatic rings. The standard InChI is InChI=1S/C15H21ClN4O3/c1-15(2,3)11-12(20-17-6-7-23-20)10(8-9(16)13(11)21)18-14(22)19(4)5/h6,8-9H,7H2,1-5H3,(H,18,22). The van der Waals surface area contributed by atoms with Crippen LogP contribution in [-0.4, -0.2) is 54.2 Å². The van der Waals surface area contributed by atoms with Crippen LogP contribution in [-0.2, 0) is 9.63 Å². The van der Waals surface area contributed by atoms with E-state index in [-0.39, 0.29) is 11.8 Å². The molecule has 7 nitrogen and oxygen atoms in total. The lowest BCUT2D eigenvalue weighted by Gasteiger charge is -2.33. The van der Waals surface area contributed by atoms with Crippen LogP contribution in [0.25, 0.3) is 0 Å². The van der Waals surface area contributed by atoms with Gasteiger partial charge in [-0.3, -0.25) is 4.79 Å². The van der Waals surface area contributed by atoms with Crippen LogP contribution in [0.3, 0.4) is 0 Å². The largest absolute Gasteiger partial charge is 0.331 e. The van der Waals surface area contributed by atoms with Crippen molar-refractivity contribution in [3.05, 3.63) is 23.0 Å². The smallest absolute Gasteiger partial charge is 0.321 e. The van der Waals surface area contributed by atoms with Crippen molar-refractivity contribution < 1.29 is 14.4 Å². The van der Waals surface area contributed by atoms with E-state index in [0.717, 1.165) is 0 Å². The predicted octanol–water partition coefficient (Wildman–Crippen LogP) is 1.86. The Bertz CT molecular complexity index is 617. The first-order chi connectivity index (χ1) is 10.6. The molecule has 126 valence electrons. The zero-order valence-corrected chi connectivity index (χ0v) is 14.6. The maximum absolute atomic E-state index is 12.6. The molecule has 1 heterocycles. The molecule has 23 heavy (non-hydrogen) atoms. The number of hydrazone groups is 1. The number of nitrogens with one attached hydrogen (secondary N) is 1. The summed E-state index contributed by atoms with van der Waals surface area (Å²) in [5.41, 5.74) is 0.798. The summed E-state index contributed by atoms with van der Waals surface area (Å²) in [7, 11) is 3.25. The SMILES string of the molecule is CN(C)C(=O)NC1=CC(Cl)C(=O)C(C(C)(C)C)=C1N1N=CCO1. The number of hydrogen-bond donors (Lipinski definition) is 1. The van der Waals surface area contributed by atoms with Gasteiger partial charge in [0.25, 0.3) is 0 Å². The maximum Gasteiger partial charge on any atom is 0.321 e. The number of hydrogen-bond acceptors (Lipinski definition) is 5. The normalized spacial score (nSPS) is 21.7. The van der Waals surface area contributed by atoms with E-state index in [1.165, 1.54) is 16.1 Å². The monoisotopic (exact) mass is 340 g/mol. The zero-order chi connectivity index (χ0) is 17.4. The summed E-state index contributed by atoms with van der Waals surface area (Å²) in [5.74, 6) is -0.220. The van der Waals surface area contributed by atoms with Crippen molar-refractivity contribution in [3.63, 3.8) is 0 Å². The molecule has 0 fully saturated rings. The molecular weight excluding hydrogens is 320 g/mol. The van der Waals surface area contributed by atoms with E-state index in [0.29, 0.717) is 23.6 Å². The summed E-state index contributed by atoms with van der Waals surface area (Å²) < 4.78 is 0. The van der Waals surface area contributed by atoms with Crippen molar-refractivity contribution >= 4 is 29.6 Å². The first-order valence-electron chi connectivity index (χ1n) is 7.22. The highest BCUT2D eigenvalue weighted by atomic mass is 35.5. The van der Waals surface area contributed by atoms with E-state index in [4.69, 9.17) is 16.4 Å². The third-order valence-corrected chi connectivity index (χ3v) is 3.67. The minimum absolute atomic E-state index is 0.220. The zero-order valence-electron chi connectivity index (χ0n) is 13.9. The second-order valence-corrected chi connectivity index (χ2v) is 6.98. The fraction of sp³-hybridized carbons (Fsp3) is 0.533. The Morgan fingerprint density at radius 1 is 1.48 bits per heavy atom. The highest BCUT2D eigenvalue weighted by Crippen LogP contribution is 2.38. The van der Waals surface area contributed by atoms with Gasteiger partial charge in [-0.15, -0.1) is 16.8 Å². The van der Waals surface area contributed by atoms with E-state index in [2.05, 4.69) is 10.4 Å². The molecule has 1 aliphatic carbocycles. The van der Waals surface area contributed by atoms with Crippen LogP contribution < -0.4 is 5.32 Å². The number of alkyl halides is 1. The Kier molecular flexibility index (Phi) is 4.81. The number of halogens is 1. The number of urea groups is 1. The summed E-state index contributed by atoms with van der Waals surface area (Å²) >= 11 is 6.17. The van der Waals surface area contributed by atoms with Crippen molar-refractivity contribution in [2.24, 2.45) is 10.5 Å². The molecule has 8 heteroatoms. The van der Waals surface area contributed by atoms with Gasteiger partial charge in [0, 0.05) is 19.7 Å². The van der Waals surface area contributed by atoms with Crippen molar-refractivity contribution in [2.45, 2.75) is 26.1 Å². The summed E-state index contributed by atoms with van der Waals surface area (Å²) in [4.78, 5) is 31.5. The lowest BCUT2D eigenvalue weighted by molar-refractivity contribution is -0.118. The summed E-state index contributed by atoms with van der Waals surface area (Å²) in [6.45, 7) is 6.01. The fourth-order valence-electron chi connectivity index (χ4n) is 2.31. The third-order valence-electron chi connectivity index (χ3n) is 3.35. The molecule has 0 saturated carbocycles. The van der Waals surface area contributed by atoms with Gasteiger partial charge in [-0.25, -0.2) is 9.63 Å². The number of hydroxylamine groups is 1. The van der Waals surface area contributed by atoms with Crippen LogP contribution in [0.5, 0.6) is 0 Å². The van der Waals surface area contributed by atoms with Crippen LogP contribution >= 0.6 is 11.6 Å². The minimum atomic E-state index is -0.850. The predicted molar refractivity (Wildman–Crippen MR) is 87.7 cm³/mol. The van der Waals surface area contributed by atoms with Crippen molar-refractivity contribution in [1.82, 2.24) is 15.4 Å². The number of rotatable bonds is 2. The number of carbonyl (C=O) groups excluding carboxylic acids is 2. The van der Waals surface area contributed by atoms with Crippen LogP contribution in [0.15, 0.2) is 28.1 Å². The number of nitrogens with zero attached hydrogens (tertiary/aromatic N) is 3. The fourth-order valence-corrected chi connectivity index (χ4v) is 2.54. The number of amides is 2. The maximum atomic E-state index is 12.6. The minimum Gasteiger partial charge on any atom is -0.331 e. The number of carbonyl (C=O) groups is 2. The molecule has 2 rings (SSSR count). The molecule has 0 saturated heterocycles. The van der Waals surface area contributed by atoms with Gasteiger partial charge in [0.05, 0.1) is 11.9 Å². The third kappa shape index (κ3) is 3.56. The summed E-state index contributed by atoms with van der Waals surface area (Å²) in [5, 5.41) is 7.29. The summed E-state index contributed by atoms with van der Waals surface area (Å²) in [6, 6.07) is -0.330. The van der Waals surface area contributed by atoms with Crippen LogP contribution in [0.1, 0.15) is 20.8 Å². The Balaban J connectivity index is 2.55. The quantitative estimate of drug-likeness (QED) is 0.779. The van der Waals surface area contributed by atoms with Crippen LogP contribution in [0.4, 0.5) is 4.79 Å². The Hall–Kier alpha value is -1.86. The number of ketones is 1. The van der Waals surface area contributed by atoms with Crippen molar-refractivity contribution in [1.29, 1.82) is 0 Å². The first-order valence-corrected chi connectivity index (χ1v) is 7.65. The topological polar surface area (TPSA) is 74.2 Å². The van der Waals surface area contributed by atoms with E-state index < -0.39 is 10.8 Å². The second-order valence-electron chi connectivity index (χ2n) is 6.51. The molecule has 1 aliphatic heterocycles. The molecule has 0 radical (unpaired) electrons. The van der Waals surface area contributed by atoms with Crippen molar-refractivity contribution in [2.75, 3.05) is 20.7 Å². The number of Topliss-reactive ketones (excluding diaryl/α,β-unsaturated/α-hetero) is 1. The average molecular weight is 341 g/mol. The molecule has 0 bridgehead atoms. The van der Waals surface area contributed by atoms with Crippen LogP contribution in [0, 0.1) is 5.41 Å². The second kappa shape index (κ2) is 6.33. The average Bonchev–Trinajstić information content (AvgIpc) is 2.94. The molecule has 2 aliphatic rings. The van der Waals surface area contributed by atoms with Gasteiger partial charge >= 0.3 is 6.03 Å². The lowest BCUT2D eigenvalue weighted by atomic mass is 9.79. The Morgan fingerprint density at radius 2 is 2.13 bits per heavy atom.